The van der Waals surface area contributed by atoms with Crippen molar-refractivity contribution in [3.63, 3.8) is 0 Å². The Labute approximate surface area is 148 Å². The minimum Gasteiger partial charge on any atom is -0.493 e. The Morgan fingerprint density at radius 2 is 1.65 bits per heavy atom. The van der Waals surface area contributed by atoms with Gasteiger partial charge in [-0.15, -0.1) is 10.2 Å². The number of hydrogen-bond donors (Lipinski definition) is 0. The highest BCUT2D eigenvalue weighted by Crippen LogP contribution is 2.66. The molecule has 1 heterocycles. The average molecular weight is 358 g/mol. The maximum Gasteiger partial charge on any atom is 0.268 e. The quantitative estimate of drug-likeness (QED) is 0.682. The molecule has 0 spiro atoms. The van der Waals surface area contributed by atoms with E-state index in [0.717, 1.165) is 0 Å². The molecular weight excluding hydrogens is 342 g/mol. The number of hydrogen-bond acceptors (Lipinski definition) is 5. The molecule has 0 bridgehead atoms. The Balaban J connectivity index is 1.63. The molecule has 5 nitrogen and oxygen atoms in total. The lowest BCUT2D eigenvalue weighted by atomic mass is 10.1. The van der Waals surface area contributed by atoms with Gasteiger partial charge in [-0.05, 0) is 23.8 Å². The zero-order valence-electron chi connectivity index (χ0n) is 14.1. The van der Waals surface area contributed by atoms with Gasteiger partial charge in [0, 0.05) is 5.56 Å². The molecule has 2 atom stereocenters. The van der Waals surface area contributed by atoms with E-state index >= 15 is 0 Å². The van der Waals surface area contributed by atoms with E-state index in [1.807, 2.05) is 0 Å². The first kappa shape index (κ1) is 16.5. The Morgan fingerprint density at radius 3 is 2.35 bits per heavy atom. The lowest BCUT2D eigenvalue weighted by Gasteiger charge is -2.07. The molecule has 1 aliphatic rings. The molecule has 4 rings (SSSR count). The van der Waals surface area contributed by atoms with Crippen molar-refractivity contribution in [1.82, 2.24) is 10.2 Å². The molecule has 26 heavy (non-hydrogen) atoms. The molecule has 3 aromatic rings. The van der Waals surface area contributed by atoms with Crippen molar-refractivity contribution in [3.05, 3.63) is 60.0 Å². The van der Waals surface area contributed by atoms with E-state index in [9.17, 15) is 8.78 Å². The third-order valence-electron chi connectivity index (χ3n) is 4.55. The van der Waals surface area contributed by atoms with Gasteiger partial charge in [0.1, 0.15) is 5.92 Å². The number of benzene rings is 2. The van der Waals surface area contributed by atoms with Gasteiger partial charge < -0.3 is 13.9 Å². The maximum atomic E-state index is 14.3. The summed E-state index contributed by atoms with van der Waals surface area (Å²) in [5, 5.41) is 7.78. The summed E-state index contributed by atoms with van der Waals surface area (Å²) in [6.45, 7) is 0. The van der Waals surface area contributed by atoms with E-state index in [-0.39, 0.29) is 11.8 Å². The molecule has 1 aliphatic carbocycles. The molecule has 134 valence electrons. The molecule has 0 radical (unpaired) electrons. The highest BCUT2D eigenvalue weighted by Gasteiger charge is 2.72. The van der Waals surface area contributed by atoms with Gasteiger partial charge in [-0.1, -0.05) is 30.3 Å². The summed E-state index contributed by atoms with van der Waals surface area (Å²) in [5.74, 6) is -3.81. The Hall–Kier alpha value is -2.96. The number of aromatic nitrogens is 2. The van der Waals surface area contributed by atoms with Crippen LogP contribution in [0.5, 0.6) is 11.5 Å². The predicted octanol–water partition coefficient (Wildman–Crippen LogP) is 4.27. The van der Waals surface area contributed by atoms with Crippen molar-refractivity contribution in [2.75, 3.05) is 14.2 Å². The normalized spacial score (nSPS) is 20.6. The molecule has 7 heteroatoms. The van der Waals surface area contributed by atoms with Crippen LogP contribution in [0.4, 0.5) is 8.78 Å². The van der Waals surface area contributed by atoms with Crippen LogP contribution in [0.25, 0.3) is 11.5 Å². The van der Waals surface area contributed by atoms with Gasteiger partial charge in [-0.25, -0.2) is 8.78 Å². The molecule has 0 amide bonds. The third kappa shape index (κ3) is 2.60. The Morgan fingerprint density at radius 1 is 0.923 bits per heavy atom. The number of ether oxygens (including phenoxy) is 2. The van der Waals surface area contributed by atoms with Crippen molar-refractivity contribution in [2.24, 2.45) is 0 Å². The van der Waals surface area contributed by atoms with Crippen LogP contribution < -0.4 is 9.47 Å². The Kier molecular flexibility index (Phi) is 3.86. The summed E-state index contributed by atoms with van der Waals surface area (Å²) < 4.78 is 44.6. The SMILES string of the molecule is COc1ccc(-c2nnc([C@@H]3[C@@H](c4ccccc4)C3(F)F)o2)cc1OC. The maximum absolute atomic E-state index is 14.3. The minimum atomic E-state index is -2.90. The molecule has 1 fully saturated rings. The van der Waals surface area contributed by atoms with Crippen LogP contribution in [-0.2, 0) is 0 Å². The van der Waals surface area contributed by atoms with Gasteiger partial charge >= 0.3 is 0 Å². The molecule has 2 aromatic carbocycles. The number of methoxy groups -OCH3 is 2. The van der Waals surface area contributed by atoms with Gasteiger partial charge in [0.05, 0.1) is 20.1 Å². The highest BCUT2D eigenvalue weighted by atomic mass is 19.3. The second kappa shape index (κ2) is 6.09. The summed E-state index contributed by atoms with van der Waals surface area (Å²) >= 11 is 0. The van der Waals surface area contributed by atoms with Crippen molar-refractivity contribution in [2.45, 2.75) is 17.8 Å². The van der Waals surface area contributed by atoms with Crippen molar-refractivity contribution >= 4 is 0 Å². The molecule has 1 saturated carbocycles. The number of halogens is 2. The van der Waals surface area contributed by atoms with E-state index in [0.29, 0.717) is 22.6 Å². The van der Waals surface area contributed by atoms with Crippen molar-refractivity contribution in [3.8, 4) is 23.0 Å². The molecular formula is C19H16F2N2O3. The lowest BCUT2D eigenvalue weighted by molar-refractivity contribution is 0.101. The van der Waals surface area contributed by atoms with Crippen molar-refractivity contribution in [1.29, 1.82) is 0 Å². The van der Waals surface area contributed by atoms with Gasteiger partial charge in [-0.3, -0.25) is 0 Å². The molecule has 0 unspecified atom stereocenters. The van der Waals surface area contributed by atoms with Crippen LogP contribution in [0.1, 0.15) is 23.3 Å². The van der Waals surface area contributed by atoms with Crippen LogP contribution in [0.15, 0.2) is 52.9 Å². The zero-order chi connectivity index (χ0) is 18.3. The zero-order valence-corrected chi connectivity index (χ0v) is 14.1. The third-order valence-corrected chi connectivity index (χ3v) is 4.55. The first-order chi connectivity index (χ1) is 12.6. The Bertz CT molecular complexity index is 928. The second-order valence-electron chi connectivity index (χ2n) is 6.06. The average Bonchev–Trinajstić information content (AvgIpc) is 3.01. The van der Waals surface area contributed by atoms with E-state index in [1.165, 1.54) is 14.2 Å². The van der Waals surface area contributed by atoms with Crippen molar-refractivity contribution < 1.29 is 22.7 Å². The summed E-state index contributed by atoms with van der Waals surface area (Å²) in [7, 11) is 3.04. The topological polar surface area (TPSA) is 57.4 Å². The fourth-order valence-corrected chi connectivity index (χ4v) is 3.16. The van der Waals surface area contributed by atoms with Crippen LogP contribution in [0.2, 0.25) is 0 Å². The van der Waals surface area contributed by atoms with Gasteiger partial charge in [-0.2, -0.15) is 0 Å². The fraction of sp³-hybridized carbons (Fsp3) is 0.263. The highest BCUT2D eigenvalue weighted by molar-refractivity contribution is 5.59. The van der Waals surface area contributed by atoms with E-state index in [1.54, 1.807) is 48.5 Å². The summed E-state index contributed by atoms with van der Waals surface area (Å²) in [5.41, 5.74) is 1.13. The predicted molar refractivity (Wildman–Crippen MR) is 89.7 cm³/mol. The van der Waals surface area contributed by atoms with Gasteiger partial charge in [0.2, 0.25) is 11.8 Å². The molecule has 0 saturated heterocycles. The standard InChI is InChI=1S/C19H16F2N2O3/c1-24-13-9-8-12(10-14(13)25-2)17-22-23-18(26-17)16-15(19(16,20)21)11-6-4-3-5-7-11/h3-10,15-16H,1-2H3/t15-,16+/m1/s1. The summed E-state index contributed by atoms with van der Waals surface area (Å²) in [6.07, 6.45) is 0. The summed E-state index contributed by atoms with van der Waals surface area (Å²) in [4.78, 5) is 0. The number of nitrogens with zero attached hydrogens (tertiary/aromatic N) is 2. The first-order valence-electron chi connectivity index (χ1n) is 8.04. The second-order valence-corrected chi connectivity index (χ2v) is 6.06. The molecule has 1 aromatic heterocycles. The van der Waals surface area contributed by atoms with E-state index < -0.39 is 17.8 Å². The smallest absolute Gasteiger partial charge is 0.268 e. The number of alkyl halides is 2. The van der Waals surface area contributed by atoms with Crippen LogP contribution >= 0.6 is 0 Å². The largest absolute Gasteiger partial charge is 0.493 e. The van der Waals surface area contributed by atoms with E-state index in [2.05, 4.69) is 10.2 Å². The van der Waals surface area contributed by atoms with Crippen LogP contribution in [-0.4, -0.2) is 30.3 Å². The van der Waals surface area contributed by atoms with Crippen LogP contribution in [0.3, 0.4) is 0 Å². The summed E-state index contributed by atoms with van der Waals surface area (Å²) in [6, 6.07) is 13.7. The van der Waals surface area contributed by atoms with Gasteiger partial charge in [0.15, 0.2) is 11.5 Å². The molecule has 0 aliphatic heterocycles. The number of rotatable bonds is 5. The first-order valence-corrected chi connectivity index (χ1v) is 8.04. The lowest BCUT2D eigenvalue weighted by Crippen LogP contribution is -1.94. The monoisotopic (exact) mass is 358 g/mol. The van der Waals surface area contributed by atoms with Crippen LogP contribution in [0, 0.1) is 0 Å². The van der Waals surface area contributed by atoms with Gasteiger partial charge in [0.25, 0.3) is 5.92 Å². The molecule has 0 N–H and O–H groups in total. The fourth-order valence-electron chi connectivity index (χ4n) is 3.16. The minimum absolute atomic E-state index is 0.0614. The van der Waals surface area contributed by atoms with E-state index in [4.69, 9.17) is 13.9 Å².